The first-order valence-electron chi connectivity index (χ1n) is 7.93. The van der Waals surface area contributed by atoms with E-state index in [4.69, 9.17) is 0 Å². The number of nitrogens with zero attached hydrogens (tertiary/aromatic N) is 4. The van der Waals surface area contributed by atoms with Gasteiger partial charge in [-0.3, -0.25) is 4.68 Å². The minimum Gasteiger partial charge on any atom is -0.321 e. The number of hydrogen-bond acceptors (Lipinski definition) is 6. The number of benzene rings is 1. The van der Waals surface area contributed by atoms with Gasteiger partial charge in [-0.25, -0.2) is 23.1 Å². The molecule has 26 heavy (non-hydrogen) atoms. The molecule has 0 aliphatic carbocycles. The molecule has 0 amide bonds. The summed E-state index contributed by atoms with van der Waals surface area (Å²) in [6.07, 6.45) is 6.42. The summed E-state index contributed by atoms with van der Waals surface area (Å²) in [5.41, 5.74) is 4.26. The van der Waals surface area contributed by atoms with Gasteiger partial charge in [-0.1, -0.05) is 18.2 Å². The molecule has 2 N–H and O–H groups in total. The topological polar surface area (TPSA) is 102 Å². The van der Waals surface area contributed by atoms with Crippen LogP contribution in [0.3, 0.4) is 0 Å². The molecule has 0 unspecified atom stereocenters. The van der Waals surface area contributed by atoms with Gasteiger partial charge in [0.1, 0.15) is 0 Å². The maximum absolute atomic E-state index is 11.3. The Bertz CT molecular complexity index is 1030. The van der Waals surface area contributed by atoms with Gasteiger partial charge in [0, 0.05) is 31.5 Å². The summed E-state index contributed by atoms with van der Waals surface area (Å²) >= 11 is 0. The van der Waals surface area contributed by atoms with Crippen LogP contribution in [0.5, 0.6) is 0 Å². The lowest BCUT2D eigenvalue weighted by Gasteiger charge is -2.10. The second kappa shape index (κ2) is 7.22. The summed E-state index contributed by atoms with van der Waals surface area (Å²) in [7, 11) is -1.40. The Balaban J connectivity index is 1.87. The number of aromatic nitrogens is 4. The van der Waals surface area contributed by atoms with Crippen LogP contribution in [0.4, 0.5) is 11.6 Å². The molecule has 3 rings (SSSR count). The van der Waals surface area contributed by atoms with E-state index in [0.29, 0.717) is 5.95 Å². The van der Waals surface area contributed by atoms with Crippen molar-refractivity contribution in [2.45, 2.75) is 13.5 Å². The minimum atomic E-state index is -3.24. The van der Waals surface area contributed by atoms with E-state index in [1.807, 2.05) is 44.4 Å². The van der Waals surface area contributed by atoms with Gasteiger partial charge in [-0.2, -0.15) is 5.10 Å². The van der Waals surface area contributed by atoms with Crippen LogP contribution >= 0.6 is 0 Å². The lowest BCUT2D eigenvalue weighted by molar-refractivity contribution is 0.587. The highest BCUT2D eigenvalue weighted by atomic mass is 32.2. The number of anilines is 2. The average molecular weight is 372 g/mol. The van der Waals surface area contributed by atoms with Gasteiger partial charge in [-0.15, -0.1) is 0 Å². The van der Waals surface area contributed by atoms with E-state index in [0.717, 1.165) is 34.3 Å². The van der Waals surface area contributed by atoms with Crippen LogP contribution in [-0.4, -0.2) is 34.4 Å². The fourth-order valence-corrected chi connectivity index (χ4v) is 2.88. The number of hydrogen-bond donors (Lipinski definition) is 2. The van der Waals surface area contributed by atoms with Crippen LogP contribution < -0.4 is 10.0 Å². The van der Waals surface area contributed by atoms with Crippen molar-refractivity contribution in [2.75, 3.05) is 11.6 Å². The Morgan fingerprint density at radius 3 is 2.73 bits per heavy atom. The Labute approximate surface area is 152 Å². The monoisotopic (exact) mass is 372 g/mol. The number of nitrogens with one attached hydrogen (secondary N) is 2. The molecule has 0 bridgehead atoms. The first kappa shape index (κ1) is 18.0. The van der Waals surface area contributed by atoms with Gasteiger partial charge in [0.15, 0.2) is 0 Å². The van der Waals surface area contributed by atoms with E-state index in [2.05, 4.69) is 25.1 Å². The number of aryl methyl sites for hydroxylation is 2. The van der Waals surface area contributed by atoms with E-state index in [-0.39, 0.29) is 6.54 Å². The lowest BCUT2D eigenvalue weighted by Crippen LogP contribution is -2.21. The van der Waals surface area contributed by atoms with Gasteiger partial charge in [0.25, 0.3) is 0 Å². The Hall–Kier alpha value is -2.78. The van der Waals surface area contributed by atoms with Crippen LogP contribution in [0, 0.1) is 6.92 Å². The molecule has 0 atom stereocenters. The number of sulfonamides is 1. The van der Waals surface area contributed by atoms with Gasteiger partial charge in [-0.05, 0) is 24.1 Å². The molecule has 0 aliphatic rings. The smallest absolute Gasteiger partial charge is 0.227 e. The quantitative estimate of drug-likeness (QED) is 0.686. The normalized spacial score (nSPS) is 11.5. The molecule has 0 spiro atoms. The van der Waals surface area contributed by atoms with Crippen LogP contribution in [0.2, 0.25) is 0 Å². The van der Waals surface area contributed by atoms with E-state index in [9.17, 15) is 8.42 Å². The summed E-state index contributed by atoms with van der Waals surface area (Å²) in [6, 6.07) is 7.60. The standard InChI is InChI=1S/C17H20N6O2S/c1-12-8-18-17(21-15-10-19-23(2)11-15)22-16(12)14-6-4-5-13(7-14)9-20-26(3,24)25/h4-8,10-11,20H,9H2,1-3H3,(H,18,21,22). The largest absolute Gasteiger partial charge is 0.321 e. The Kier molecular flexibility index (Phi) is 5.01. The van der Waals surface area contributed by atoms with E-state index in [1.54, 1.807) is 17.1 Å². The first-order valence-corrected chi connectivity index (χ1v) is 9.82. The highest BCUT2D eigenvalue weighted by molar-refractivity contribution is 7.88. The molecule has 0 saturated carbocycles. The SMILES string of the molecule is Cc1cnc(Nc2cnn(C)c2)nc1-c1cccc(CNS(C)(=O)=O)c1. The molecule has 0 saturated heterocycles. The van der Waals surface area contributed by atoms with E-state index in [1.165, 1.54) is 0 Å². The minimum absolute atomic E-state index is 0.234. The molecule has 9 heteroatoms. The fraction of sp³-hybridized carbons (Fsp3) is 0.235. The van der Waals surface area contributed by atoms with Crippen molar-refractivity contribution in [1.29, 1.82) is 0 Å². The summed E-state index contributed by atoms with van der Waals surface area (Å²) < 4.78 is 26.8. The molecule has 8 nitrogen and oxygen atoms in total. The molecule has 2 aromatic heterocycles. The zero-order valence-corrected chi connectivity index (χ0v) is 15.6. The van der Waals surface area contributed by atoms with Gasteiger partial charge >= 0.3 is 0 Å². The van der Waals surface area contributed by atoms with Crippen molar-refractivity contribution < 1.29 is 8.42 Å². The molecule has 2 heterocycles. The zero-order valence-electron chi connectivity index (χ0n) is 14.8. The average Bonchev–Trinajstić information content (AvgIpc) is 2.99. The van der Waals surface area contributed by atoms with Crippen molar-refractivity contribution in [3.8, 4) is 11.3 Å². The molecule has 0 aliphatic heterocycles. The van der Waals surface area contributed by atoms with E-state index < -0.39 is 10.0 Å². The van der Waals surface area contributed by atoms with Crippen molar-refractivity contribution in [3.05, 3.63) is 54.0 Å². The van der Waals surface area contributed by atoms with Crippen LogP contribution in [0.1, 0.15) is 11.1 Å². The third kappa shape index (κ3) is 4.64. The van der Waals surface area contributed by atoms with Crippen molar-refractivity contribution in [1.82, 2.24) is 24.5 Å². The Morgan fingerprint density at radius 2 is 2.04 bits per heavy atom. The summed E-state index contributed by atoms with van der Waals surface area (Å²) in [5, 5.41) is 7.23. The zero-order chi connectivity index (χ0) is 18.7. The molecule has 0 radical (unpaired) electrons. The van der Waals surface area contributed by atoms with E-state index >= 15 is 0 Å². The summed E-state index contributed by atoms with van der Waals surface area (Å²) in [6.45, 7) is 2.17. The molecule has 3 aromatic rings. The molecular weight excluding hydrogens is 352 g/mol. The van der Waals surface area contributed by atoms with Crippen molar-refractivity contribution in [2.24, 2.45) is 7.05 Å². The predicted octanol–water partition coefficient (Wildman–Crippen LogP) is 1.98. The molecule has 0 fully saturated rings. The summed E-state index contributed by atoms with van der Waals surface area (Å²) in [5.74, 6) is 0.471. The third-order valence-corrected chi connectivity index (χ3v) is 4.34. The van der Waals surface area contributed by atoms with Crippen LogP contribution in [-0.2, 0) is 23.6 Å². The third-order valence-electron chi connectivity index (χ3n) is 3.67. The predicted molar refractivity (Wildman–Crippen MR) is 100 cm³/mol. The maximum atomic E-state index is 11.3. The van der Waals surface area contributed by atoms with Crippen LogP contribution in [0.15, 0.2) is 42.9 Å². The molecule has 1 aromatic carbocycles. The van der Waals surface area contributed by atoms with Crippen LogP contribution in [0.25, 0.3) is 11.3 Å². The van der Waals surface area contributed by atoms with Crippen molar-refractivity contribution >= 4 is 21.7 Å². The maximum Gasteiger partial charge on any atom is 0.227 e. The Morgan fingerprint density at radius 1 is 1.23 bits per heavy atom. The van der Waals surface area contributed by atoms with Gasteiger partial charge < -0.3 is 5.32 Å². The first-order chi connectivity index (χ1) is 12.3. The van der Waals surface area contributed by atoms with Crippen molar-refractivity contribution in [3.63, 3.8) is 0 Å². The summed E-state index contributed by atoms with van der Waals surface area (Å²) in [4.78, 5) is 8.91. The van der Waals surface area contributed by atoms with Gasteiger partial charge in [0.2, 0.25) is 16.0 Å². The second-order valence-electron chi connectivity index (χ2n) is 6.05. The second-order valence-corrected chi connectivity index (χ2v) is 7.88. The highest BCUT2D eigenvalue weighted by Gasteiger charge is 2.09. The van der Waals surface area contributed by atoms with Gasteiger partial charge in [0.05, 0.1) is 23.8 Å². The number of rotatable bonds is 6. The molecular formula is C17H20N6O2S. The lowest BCUT2D eigenvalue weighted by atomic mass is 10.1. The fourth-order valence-electron chi connectivity index (χ4n) is 2.45. The highest BCUT2D eigenvalue weighted by Crippen LogP contribution is 2.24. The molecule has 136 valence electrons.